The van der Waals surface area contributed by atoms with Gasteiger partial charge in [0.05, 0.1) is 11.7 Å². The summed E-state index contributed by atoms with van der Waals surface area (Å²) < 4.78 is 5.62. The van der Waals surface area contributed by atoms with Crippen LogP contribution in [0.25, 0.3) is 0 Å². The number of para-hydroxylation sites is 1. The van der Waals surface area contributed by atoms with Crippen LogP contribution in [0.15, 0.2) is 24.3 Å². The van der Waals surface area contributed by atoms with Gasteiger partial charge in [-0.25, -0.2) is 0 Å². The van der Waals surface area contributed by atoms with Crippen molar-refractivity contribution < 1.29 is 14.6 Å². The fourth-order valence-electron chi connectivity index (χ4n) is 1.83. The number of carbonyl (C=O) groups excluding carboxylic acids is 1. The van der Waals surface area contributed by atoms with Crippen molar-refractivity contribution in [2.24, 2.45) is 0 Å². The Morgan fingerprint density at radius 1 is 1.28 bits per heavy atom. The van der Waals surface area contributed by atoms with Gasteiger partial charge < -0.3 is 9.84 Å². The summed E-state index contributed by atoms with van der Waals surface area (Å²) >= 11 is 0. The molecule has 1 aromatic carbocycles. The Labute approximate surface area is 109 Å². The fourth-order valence-corrected chi connectivity index (χ4v) is 1.83. The molecule has 18 heavy (non-hydrogen) atoms. The van der Waals surface area contributed by atoms with E-state index in [-0.39, 0.29) is 11.9 Å². The molecule has 0 bridgehead atoms. The molecule has 0 aliphatic carbocycles. The van der Waals surface area contributed by atoms with Crippen molar-refractivity contribution in [1.29, 1.82) is 0 Å². The Morgan fingerprint density at radius 3 is 2.33 bits per heavy atom. The first-order valence-electron chi connectivity index (χ1n) is 6.47. The molecule has 0 spiro atoms. The average Bonchev–Trinajstić information content (AvgIpc) is 2.37. The zero-order valence-electron chi connectivity index (χ0n) is 11.6. The second-order valence-electron chi connectivity index (χ2n) is 4.73. The Morgan fingerprint density at radius 2 is 1.83 bits per heavy atom. The van der Waals surface area contributed by atoms with Crippen LogP contribution in [0.3, 0.4) is 0 Å². The van der Waals surface area contributed by atoms with E-state index in [4.69, 9.17) is 4.74 Å². The summed E-state index contributed by atoms with van der Waals surface area (Å²) in [4.78, 5) is 12.4. The first kappa shape index (κ1) is 14.7. The number of carbonyl (C=O) groups is 1. The number of ether oxygens (including phenoxy) is 1. The average molecular weight is 250 g/mol. The van der Waals surface area contributed by atoms with Crippen molar-refractivity contribution in [2.75, 3.05) is 0 Å². The Balaban J connectivity index is 3.12. The predicted molar refractivity (Wildman–Crippen MR) is 72.1 cm³/mol. The van der Waals surface area contributed by atoms with Crippen LogP contribution in [-0.2, 0) is 0 Å². The largest absolute Gasteiger partial charge is 0.490 e. The quantitative estimate of drug-likeness (QED) is 0.789. The SMILES string of the molecule is CCC(O)(CC)C(=O)c1ccccc1OC(C)C. The minimum Gasteiger partial charge on any atom is -0.490 e. The maximum Gasteiger partial charge on any atom is 0.198 e. The van der Waals surface area contributed by atoms with E-state index in [0.29, 0.717) is 24.2 Å². The van der Waals surface area contributed by atoms with Crippen LogP contribution in [0.2, 0.25) is 0 Å². The summed E-state index contributed by atoms with van der Waals surface area (Å²) in [5.74, 6) is 0.279. The van der Waals surface area contributed by atoms with E-state index < -0.39 is 5.60 Å². The second-order valence-corrected chi connectivity index (χ2v) is 4.73. The Kier molecular flexibility index (Phi) is 4.91. The van der Waals surface area contributed by atoms with Crippen LogP contribution < -0.4 is 4.74 Å². The maximum absolute atomic E-state index is 12.4. The monoisotopic (exact) mass is 250 g/mol. The molecule has 1 rings (SSSR count). The molecule has 100 valence electrons. The van der Waals surface area contributed by atoms with Crippen LogP contribution in [0.1, 0.15) is 50.9 Å². The minimum atomic E-state index is -1.30. The van der Waals surface area contributed by atoms with Gasteiger partial charge in [-0.2, -0.15) is 0 Å². The molecule has 0 unspecified atom stereocenters. The van der Waals surface area contributed by atoms with Gasteiger partial charge in [0, 0.05) is 0 Å². The summed E-state index contributed by atoms with van der Waals surface area (Å²) in [6.07, 6.45) is 0.798. The lowest BCUT2D eigenvalue weighted by atomic mass is 9.87. The van der Waals surface area contributed by atoms with Crippen molar-refractivity contribution in [1.82, 2.24) is 0 Å². The van der Waals surface area contributed by atoms with Crippen molar-refractivity contribution in [3.8, 4) is 5.75 Å². The van der Waals surface area contributed by atoms with Gasteiger partial charge in [0.2, 0.25) is 0 Å². The smallest absolute Gasteiger partial charge is 0.198 e. The summed E-state index contributed by atoms with van der Waals surface area (Å²) in [6.45, 7) is 7.45. The van der Waals surface area contributed by atoms with Gasteiger partial charge in [-0.1, -0.05) is 26.0 Å². The molecular formula is C15H22O3. The lowest BCUT2D eigenvalue weighted by Gasteiger charge is -2.25. The summed E-state index contributed by atoms with van der Waals surface area (Å²) in [6, 6.07) is 7.08. The number of hydrogen-bond donors (Lipinski definition) is 1. The van der Waals surface area contributed by atoms with Crippen LogP contribution in [0.5, 0.6) is 5.75 Å². The highest BCUT2D eigenvalue weighted by Gasteiger charge is 2.34. The highest BCUT2D eigenvalue weighted by atomic mass is 16.5. The predicted octanol–water partition coefficient (Wildman–Crippen LogP) is 3.21. The molecule has 0 fully saturated rings. The molecule has 0 atom stereocenters. The first-order chi connectivity index (χ1) is 8.44. The molecule has 0 heterocycles. The summed E-state index contributed by atoms with van der Waals surface area (Å²) in [5, 5.41) is 10.3. The molecule has 0 aromatic heterocycles. The molecule has 0 aliphatic rings. The molecule has 0 saturated carbocycles. The van der Waals surface area contributed by atoms with Crippen molar-refractivity contribution in [3.05, 3.63) is 29.8 Å². The minimum absolute atomic E-state index is 0.00436. The zero-order chi connectivity index (χ0) is 13.8. The molecule has 0 aliphatic heterocycles. The normalized spacial score (nSPS) is 11.7. The molecule has 0 amide bonds. The zero-order valence-corrected chi connectivity index (χ0v) is 11.6. The number of rotatable bonds is 6. The number of hydrogen-bond acceptors (Lipinski definition) is 3. The van der Waals surface area contributed by atoms with Gasteiger partial charge in [0.25, 0.3) is 0 Å². The van der Waals surface area contributed by atoms with Crippen LogP contribution in [0.4, 0.5) is 0 Å². The number of benzene rings is 1. The lowest BCUT2D eigenvalue weighted by Crippen LogP contribution is -2.37. The van der Waals surface area contributed by atoms with Gasteiger partial charge in [-0.05, 0) is 38.8 Å². The maximum atomic E-state index is 12.4. The van der Waals surface area contributed by atoms with E-state index >= 15 is 0 Å². The number of aliphatic hydroxyl groups is 1. The standard InChI is InChI=1S/C15H22O3/c1-5-15(17,6-2)14(16)12-9-7-8-10-13(12)18-11(3)4/h7-11,17H,5-6H2,1-4H3. The third-order valence-electron chi connectivity index (χ3n) is 3.09. The van der Waals surface area contributed by atoms with E-state index in [0.717, 1.165) is 0 Å². The highest BCUT2D eigenvalue weighted by molar-refractivity contribution is 6.04. The topological polar surface area (TPSA) is 46.5 Å². The van der Waals surface area contributed by atoms with Crippen molar-refractivity contribution in [3.63, 3.8) is 0 Å². The summed E-state index contributed by atoms with van der Waals surface area (Å²) in [7, 11) is 0. The van der Waals surface area contributed by atoms with Gasteiger partial charge in [0.1, 0.15) is 11.4 Å². The molecule has 0 saturated heterocycles. The number of Topliss-reactive ketones (excluding diaryl/α,β-unsaturated/α-hetero) is 1. The Hall–Kier alpha value is -1.35. The molecule has 0 radical (unpaired) electrons. The van der Waals surface area contributed by atoms with Crippen molar-refractivity contribution in [2.45, 2.75) is 52.2 Å². The molecular weight excluding hydrogens is 228 g/mol. The van der Waals surface area contributed by atoms with E-state index in [9.17, 15) is 9.90 Å². The molecule has 1 N–H and O–H groups in total. The number of ketones is 1. The van der Waals surface area contributed by atoms with Crippen LogP contribution >= 0.6 is 0 Å². The van der Waals surface area contributed by atoms with E-state index in [2.05, 4.69) is 0 Å². The van der Waals surface area contributed by atoms with Crippen molar-refractivity contribution >= 4 is 5.78 Å². The summed E-state index contributed by atoms with van der Waals surface area (Å²) in [5.41, 5.74) is -0.839. The third kappa shape index (κ3) is 3.10. The van der Waals surface area contributed by atoms with Gasteiger partial charge in [-0.15, -0.1) is 0 Å². The van der Waals surface area contributed by atoms with Gasteiger partial charge >= 0.3 is 0 Å². The molecule has 3 nitrogen and oxygen atoms in total. The van der Waals surface area contributed by atoms with E-state index in [1.807, 2.05) is 33.8 Å². The molecule has 3 heteroatoms. The third-order valence-corrected chi connectivity index (χ3v) is 3.09. The first-order valence-corrected chi connectivity index (χ1v) is 6.47. The highest BCUT2D eigenvalue weighted by Crippen LogP contribution is 2.27. The van der Waals surface area contributed by atoms with Gasteiger partial charge in [0.15, 0.2) is 5.78 Å². The fraction of sp³-hybridized carbons (Fsp3) is 0.533. The Bertz CT molecular complexity index is 406. The molecule has 1 aromatic rings. The van der Waals surface area contributed by atoms with Crippen LogP contribution in [0, 0.1) is 0 Å². The second kappa shape index (κ2) is 6.01. The van der Waals surface area contributed by atoms with Gasteiger partial charge in [-0.3, -0.25) is 4.79 Å². The van der Waals surface area contributed by atoms with E-state index in [1.165, 1.54) is 0 Å². The lowest BCUT2D eigenvalue weighted by molar-refractivity contribution is 0.0273. The van der Waals surface area contributed by atoms with Crippen LogP contribution in [-0.4, -0.2) is 22.6 Å². The van der Waals surface area contributed by atoms with E-state index in [1.54, 1.807) is 18.2 Å².